The molecule has 1 fully saturated rings. The first-order valence-electron chi connectivity index (χ1n) is 15.1. The summed E-state index contributed by atoms with van der Waals surface area (Å²) in [5, 5.41) is 17.9. The van der Waals surface area contributed by atoms with E-state index in [1.54, 1.807) is 0 Å². The van der Waals surface area contributed by atoms with Crippen LogP contribution in [0.1, 0.15) is 155 Å². The highest BCUT2D eigenvalue weighted by Gasteiger charge is 2.42. The van der Waals surface area contributed by atoms with Crippen LogP contribution in [0.2, 0.25) is 0 Å². The van der Waals surface area contributed by atoms with E-state index in [1.807, 2.05) is 13.8 Å². The summed E-state index contributed by atoms with van der Waals surface area (Å²) in [5.74, 6) is 0. The molecule has 2 rings (SSSR count). The van der Waals surface area contributed by atoms with Crippen molar-refractivity contribution in [1.82, 2.24) is 0 Å². The van der Waals surface area contributed by atoms with Gasteiger partial charge in [-0.2, -0.15) is 10.5 Å². The minimum Gasteiger partial charge on any atom is -0.198 e. The topological polar surface area (TPSA) is 47.6 Å². The van der Waals surface area contributed by atoms with E-state index in [1.165, 1.54) is 24.8 Å². The molecule has 0 spiro atoms. The maximum absolute atomic E-state index is 9.23. The zero-order chi connectivity index (χ0) is 31.6. The third-order valence-corrected chi connectivity index (χ3v) is 9.40. The highest BCUT2D eigenvalue weighted by atomic mass is 14.5. The van der Waals surface area contributed by atoms with Gasteiger partial charge in [0.2, 0.25) is 0 Å². The van der Waals surface area contributed by atoms with Crippen molar-refractivity contribution in [2.75, 3.05) is 0 Å². The zero-order valence-electron chi connectivity index (χ0n) is 29.3. The van der Waals surface area contributed by atoms with Crippen LogP contribution in [0.5, 0.6) is 0 Å². The molecule has 1 saturated carbocycles. The van der Waals surface area contributed by atoms with Crippen molar-refractivity contribution in [3.05, 3.63) is 35.9 Å². The normalized spacial score (nSPS) is 16.0. The van der Waals surface area contributed by atoms with E-state index in [4.69, 9.17) is 5.26 Å². The molecule has 0 aromatic heterocycles. The van der Waals surface area contributed by atoms with Crippen LogP contribution in [-0.4, -0.2) is 0 Å². The monoisotopic (exact) mass is 539 g/mol. The number of nitrogens with zero attached hydrogens (tertiary/aromatic N) is 2. The quantitative estimate of drug-likeness (QED) is 0.330. The molecule has 0 saturated heterocycles. The Morgan fingerprint density at radius 1 is 0.564 bits per heavy atom. The molecule has 0 atom stereocenters. The molecule has 0 amide bonds. The van der Waals surface area contributed by atoms with Gasteiger partial charge in [0.1, 0.15) is 0 Å². The molecule has 0 heterocycles. The fourth-order valence-electron chi connectivity index (χ4n) is 3.29. The van der Waals surface area contributed by atoms with Crippen molar-refractivity contribution in [2.45, 2.75) is 155 Å². The number of nitriles is 2. The highest BCUT2D eigenvalue weighted by molar-refractivity contribution is 5.22. The molecule has 0 unspecified atom stereocenters. The Bertz CT molecular complexity index is 869. The average Bonchev–Trinajstić information content (AvgIpc) is 2.78. The van der Waals surface area contributed by atoms with Gasteiger partial charge >= 0.3 is 0 Å². The summed E-state index contributed by atoms with van der Waals surface area (Å²) in [6.07, 6.45) is 6.01. The average molecular weight is 539 g/mol. The second-order valence-corrected chi connectivity index (χ2v) is 17.1. The largest absolute Gasteiger partial charge is 0.198 e. The van der Waals surface area contributed by atoms with Gasteiger partial charge < -0.3 is 0 Å². The first kappa shape index (κ1) is 39.3. The van der Waals surface area contributed by atoms with Gasteiger partial charge in [-0.15, -0.1) is 0 Å². The van der Waals surface area contributed by atoms with Gasteiger partial charge in [0.25, 0.3) is 0 Å². The maximum atomic E-state index is 9.23. The molecule has 1 aromatic rings. The van der Waals surface area contributed by atoms with E-state index in [0.29, 0.717) is 16.2 Å². The molecule has 1 aliphatic rings. The predicted molar refractivity (Wildman–Crippen MR) is 173 cm³/mol. The van der Waals surface area contributed by atoms with Crippen LogP contribution in [0, 0.1) is 55.2 Å². The second-order valence-electron chi connectivity index (χ2n) is 17.1. The van der Waals surface area contributed by atoms with E-state index >= 15 is 0 Å². The van der Waals surface area contributed by atoms with Crippen LogP contribution < -0.4 is 0 Å². The first-order chi connectivity index (χ1) is 17.2. The smallest absolute Gasteiger partial charge is 0.0695 e. The highest BCUT2D eigenvalue weighted by Crippen LogP contribution is 2.48. The lowest BCUT2D eigenvalue weighted by Gasteiger charge is -2.41. The number of benzene rings is 1. The summed E-state index contributed by atoms with van der Waals surface area (Å²) >= 11 is 0. The molecule has 2 nitrogen and oxygen atoms in total. The third kappa shape index (κ3) is 13.9. The van der Waals surface area contributed by atoms with Gasteiger partial charge in [-0.05, 0) is 59.3 Å². The maximum Gasteiger partial charge on any atom is 0.0695 e. The minimum absolute atomic E-state index is 0.0365. The van der Waals surface area contributed by atoms with Crippen LogP contribution in [0.3, 0.4) is 0 Å². The van der Waals surface area contributed by atoms with Crippen molar-refractivity contribution in [2.24, 2.45) is 32.5 Å². The Hall–Kier alpha value is -1.80. The molecule has 0 bridgehead atoms. The van der Waals surface area contributed by atoms with Crippen LogP contribution in [0.25, 0.3) is 0 Å². The van der Waals surface area contributed by atoms with Gasteiger partial charge in [-0.25, -0.2) is 0 Å². The second kappa shape index (κ2) is 14.7. The SMILES string of the molecule is CC(C)(C)C(C)(C)C.CC(C)(C)C(C)(C)C#N.CC(C)(C)C1(C#N)CCCCC1.CC(C)(C)c1ccccc1. The van der Waals surface area contributed by atoms with Crippen LogP contribution in [0.15, 0.2) is 30.3 Å². The molecule has 1 aromatic carbocycles. The number of rotatable bonds is 0. The third-order valence-electron chi connectivity index (χ3n) is 9.40. The molecule has 0 aliphatic heterocycles. The number of hydrogen-bond acceptors (Lipinski definition) is 2. The minimum atomic E-state index is -0.215. The van der Waals surface area contributed by atoms with Crippen molar-refractivity contribution < 1.29 is 0 Å². The molecule has 2 heteroatoms. The fraction of sp³-hybridized carbons (Fsp3) is 0.784. The van der Waals surface area contributed by atoms with E-state index < -0.39 is 0 Å². The Morgan fingerprint density at radius 3 is 1.10 bits per heavy atom. The summed E-state index contributed by atoms with van der Waals surface area (Å²) in [6, 6.07) is 15.4. The Labute approximate surface area is 246 Å². The van der Waals surface area contributed by atoms with Crippen LogP contribution in [-0.2, 0) is 5.41 Å². The molecular formula is C37H66N2. The summed E-state index contributed by atoms with van der Waals surface area (Å²) in [7, 11) is 0. The van der Waals surface area contributed by atoms with Gasteiger partial charge in [0, 0.05) is 0 Å². The summed E-state index contributed by atoms with van der Waals surface area (Å²) in [6.45, 7) is 37.1. The molecule has 0 radical (unpaired) electrons. The standard InChI is InChI=1S/C11H19N.C10H14.C8H15N.C8H18/c1-10(2,3)11(9-12)7-5-4-6-8-11;1-10(2,3)9-7-5-4-6-8-9;1-7(2,3)8(4,5)6-9;1-7(2,3)8(4,5)6/h4-8H2,1-3H3;4-8H,1-3H3;1-5H3;1-6H3. The van der Waals surface area contributed by atoms with Crippen LogP contribution >= 0.6 is 0 Å². The molecule has 39 heavy (non-hydrogen) atoms. The van der Waals surface area contributed by atoms with E-state index in [9.17, 15) is 5.26 Å². The van der Waals surface area contributed by atoms with Crippen molar-refractivity contribution in [3.63, 3.8) is 0 Å². The lowest BCUT2D eigenvalue weighted by atomic mass is 9.60. The van der Waals surface area contributed by atoms with E-state index in [2.05, 4.69) is 146 Å². The summed E-state index contributed by atoms with van der Waals surface area (Å²) in [5.41, 5.74) is 2.55. The Balaban J connectivity index is 0. The van der Waals surface area contributed by atoms with Crippen molar-refractivity contribution in [3.8, 4) is 12.1 Å². The molecule has 1 aliphatic carbocycles. The van der Waals surface area contributed by atoms with Crippen molar-refractivity contribution >= 4 is 0 Å². The molecule has 0 N–H and O–H groups in total. The van der Waals surface area contributed by atoms with E-state index in [-0.39, 0.29) is 21.7 Å². The zero-order valence-corrected chi connectivity index (χ0v) is 29.3. The van der Waals surface area contributed by atoms with Gasteiger partial charge in [0.15, 0.2) is 0 Å². The number of hydrogen-bond donors (Lipinski definition) is 0. The first-order valence-corrected chi connectivity index (χ1v) is 15.1. The van der Waals surface area contributed by atoms with Gasteiger partial charge in [-0.3, -0.25) is 0 Å². The summed E-state index contributed by atoms with van der Waals surface area (Å²) < 4.78 is 0. The summed E-state index contributed by atoms with van der Waals surface area (Å²) in [4.78, 5) is 0. The van der Waals surface area contributed by atoms with Gasteiger partial charge in [0.05, 0.1) is 23.0 Å². The van der Waals surface area contributed by atoms with Crippen molar-refractivity contribution in [1.29, 1.82) is 10.5 Å². The lowest BCUT2D eigenvalue weighted by molar-refractivity contribution is 0.101. The fourth-order valence-corrected chi connectivity index (χ4v) is 3.29. The van der Waals surface area contributed by atoms with Crippen LogP contribution in [0.4, 0.5) is 0 Å². The van der Waals surface area contributed by atoms with E-state index in [0.717, 1.165) is 12.8 Å². The molecular weight excluding hydrogens is 472 g/mol. The molecule has 224 valence electrons. The lowest BCUT2D eigenvalue weighted by Crippen LogP contribution is -2.36. The predicted octanol–water partition coefficient (Wildman–Crippen LogP) is 12.2. The van der Waals surface area contributed by atoms with Gasteiger partial charge in [-0.1, -0.05) is 153 Å². The Kier molecular flexibility index (Phi) is 14.8. The Morgan fingerprint density at radius 2 is 0.949 bits per heavy atom.